The number of hydrogen-bond donors (Lipinski definition) is 12. The predicted octanol–water partition coefficient (Wildman–Crippen LogP) is -3.57. The van der Waals surface area contributed by atoms with Crippen molar-refractivity contribution in [1.29, 1.82) is 0 Å². The Morgan fingerprint density at radius 1 is 0.267 bits per heavy atom. The van der Waals surface area contributed by atoms with Gasteiger partial charge in [0.25, 0.3) is 0 Å². The van der Waals surface area contributed by atoms with Gasteiger partial charge in [-0.15, -0.1) is 0 Å². The van der Waals surface area contributed by atoms with Crippen molar-refractivity contribution in [2.75, 3.05) is 0 Å². The molecule has 0 aliphatic heterocycles. The van der Waals surface area contributed by atoms with Crippen LogP contribution in [0.2, 0.25) is 0 Å². The fourth-order valence-electron chi connectivity index (χ4n) is 0. The van der Waals surface area contributed by atoms with Gasteiger partial charge in [0.2, 0.25) is 0 Å². The summed E-state index contributed by atoms with van der Waals surface area (Å²) in [5.41, 5.74) is 0. The van der Waals surface area contributed by atoms with Gasteiger partial charge in [0, 0.05) is 0 Å². The van der Waals surface area contributed by atoms with E-state index < -0.39 is 0 Å². The third-order valence-corrected chi connectivity index (χ3v) is 0. The Morgan fingerprint density at radius 2 is 0.267 bits per heavy atom. The van der Waals surface area contributed by atoms with Crippen molar-refractivity contribution in [2.45, 2.75) is 0 Å². The van der Waals surface area contributed by atoms with Gasteiger partial charge in [-0.05, 0) is 0 Å². The Morgan fingerprint density at radius 3 is 0.267 bits per heavy atom. The van der Waals surface area contributed by atoms with Crippen LogP contribution in [0.1, 0.15) is 0 Å². The van der Waals surface area contributed by atoms with Gasteiger partial charge in [-0.25, -0.2) is 0 Å². The third-order valence-electron chi connectivity index (χ3n) is 0. The number of halogens is 2. The molecule has 0 saturated heterocycles. The molecule has 0 aliphatic rings. The van der Waals surface area contributed by atoms with Crippen LogP contribution >= 0.6 is 0 Å². The molecule has 0 unspecified atom stereocenters. The predicted molar refractivity (Wildman–Crippen MR) is 69.9 cm³/mol. The molecule has 112 valence electrons. The molecule has 0 rings (SSSR count). The number of hydrogen-bond acceptors (Lipinski definition) is 8. The first-order valence-corrected chi connectivity index (χ1v) is 0. The van der Waals surface area contributed by atoms with Gasteiger partial charge in [0.05, 0.1) is 0 Å². The zero-order chi connectivity index (χ0) is 0. The van der Waals surface area contributed by atoms with Gasteiger partial charge in [-0.2, -0.15) is 0 Å². The maximum absolute atomic E-state index is 0. The smallest absolute Gasteiger partial charge is 1.00 e. The molecule has 0 atom stereocenters. The molecule has 0 aliphatic carbocycles. The molecule has 0 radical (unpaired) electrons. The Bertz CT molecular complexity index is 13.6. The topological polar surface area (TPSA) is 426 Å². The first kappa shape index (κ1) is 7980. The fourth-order valence-corrected chi connectivity index (χ4v) is 0. The van der Waals surface area contributed by atoms with Crippen LogP contribution in [-0.4, -0.2) is 10.1 Å². The normalized spacial score (nSPS) is 0. The summed E-state index contributed by atoms with van der Waals surface area (Å²) in [6.07, 6.45) is 0. The van der Waals surface area contributed by atoms with Crippen molar-refractivity contribution in [3.8, 4) is 0 Å². The minimum atomic E-state index is 0. The minimum absolute atomic E-state index is 0. The van der Waals surface area contributed by atoms with Crippen LogP contribution in [-0.2, 0) is 0 Å². The summed E-state index contributed by atoms with van der Waals surface area (Å²) in [6, 6.07) is 0. The zero-order valence-corrected chi connectivity index (χ0v) is 14.3. The van der Waals surface area contributed by atoms with E-state index in [0.717, 1.165) is 0 Å². The van der Waals surface area contributed by atoms with E-state index in [2.05, 4.69) is 0 Å². The van der Waals surface area contributed by atoms with Gasteiger partial charge in [-0.3, -0.25) is 0 Å². The summed E-state index contributed by atoms with van der Waals surface area (Å²) in [5, 5.41) is 0. The summed E-state index contributed by atoms with van der Waals surface area (Å²) in [6.45, 7) is 0. The van der Waals surface area contributed by atoms with E-state index >= 15 is 0 Å². The quantitative estimate of drug-likeness (QED) is 0.187. The van der Waals surface area contributed by atoms with Crippen molar-refractivity contribution in [2.24, 2.45) is 0 Å². The van der Waals surface area contributed by atoms with Crippen LogP contribution in [0.15, 0.2) is 0 Å². The maximum Gasteiger partial charge on any atom is 2.00 e. The molecule has 12 nitrogen and oxygen atoms in total. The third kappa shape index (κ3) is 5570. The average molecular weight is 377 g/mol. The van der Waals surface area contributed by atoms with Crippen LogP contribution in [0, 0.1) is 0 Å². The standard InChI is InChI=1S/Be.2BrH.12H3N/h;2*1H;12*1H3/q+2;;;;;;;;;;;;;;/p+2. The van der Waals surface area contributed by atoms with Crippen molar-refractivity contribution in [1.82, 2.24) is 73.8 Å². The Kier molecular flexibility index (Phi) is 3450000. The molecule has 15 heteroatoms. The molecular formula is H40BeBr2N12+4. The summed E-state index contributed by atoms with van der Waals surface area (Å²) in [7, 11) is 0. The molecule has 0 saturated carbocycles. The summed E-state index contributed by atoms with van der Waals surface area (Å²) in [5.74, 6) is 0. The second kappa shape index (κ2) is 6480. The van der Waals surface area contributed by atoms with Crippen molar-refractivity contribution >= 4 is 10.1 Å². The molecule has 15 heavy (non-hydrogen) atoms. The van der Waals surface area contributed by atoms with E-state index in [1.54, 1.807) is 0 Å². The second-order valence-electron chi connectivity index (χ2n) is 0. The Hall–Kier alpha value is 0.649. The first-order valence-electron chi connectivity index (χ1n) is 0. The molecular weight excluding hydrogens is 337 g/mol. The summed E-state index contributed by atoms with van der Waals surface area (Å²) >= 11 is 0. The molecule has 0 aromatic carbocycles. The molecule has 0 heterocycles. The maximum atomic E-state index is 0. The molecule has 0 amide bonds. The number of rotatable bonds is 0. The summed E-state index contributed by atoms with van der Waals surface area (Å²) in [4.78, 5) is 0. The fraction of sp³-hybridized carbons (Fsp3) is 0. The van der Waals surface area contributed by atoms with Crippen molar-refractivity contribution in [3.05, 3.63) is 0 Å². The van der Waals surface area contributed by atoms with E-state index in [1.807, 2.05) is 0 Å². The van der Waals surface area contributed by atoms with E-state index in [0.29, 0.717) is 0 Å². The van der Waals surface area contributed by atoms with Crippen LogP contribution in [0.3, 0.4) is 0 Å². The average Bonchev–Trinajstić information content (AvgIpc) is 0. The van der Waals surface area contributed by atoms with E-state index in [4.69, 9.17) is 0 Å². The largest absolute Gasteiger partial charge is 2.00 e. The molecule has 0 bridgehead atoms. The Balaban J connectivity index is 0. The molecule has 0 spiro atoms. The molecule has 0 aromatic heterocycles. The Labute approximate surface area is 118 Å². The first-order chi connectivity index (χ1) is 0. The summed E-state index contributed by atoms with van der Waals surface area (Å²) < 4.78 is 0. The van der Waals surface area contributed by atoms with Gasteiger partial charge in [-0.1, -0.05) is 0 Å². The van der Waals surface area contributed by atoms with Crippen LogP contribution < -0.4 is 108 Å². The van der Waals surface area contributed by atoms with Crippen LogP contribution in [0.5, 0.6) is 0 Å². The van der Waals surface area contributed by atoms with Gasteiger partial charge in [0.15, 0.2) is 0 Å². The van der Waals surface area contributed by atoms with Crippen LogP contribution in [0.25, 0.3) is 0 Å². The van der Waals surface area contributed by atoms with E-state index in [9.17, 15) is 0 Å². The SMILES string of the molecule is N.N.N.N.N.N.N.N.[Be+2].[Br-].[Br-].[NH4+].[NH4+].[NH4+].[NH4+]. The van der Waals surface area contributed by atoms with Crippen molar-refractivity contribution in [3.63, 3.8) is 0 Å². The monoisotopic (exact) mass is 375 g/mol. The van der Waals surface area contributed by atoms with Crippen molar-refractivity contribution < 1.29 is 34.0 Å². The second-order valence-corrected chi connectivity index (χ2v) is 0. The molecule has 0 fully saturated rings. The van der Waals surface area contributed by atoms with E-state index in [1.165, 1.54) is 0 Å². The minimum Gasteiger partial charge on any atom is -1.00 e. The van der Waals surface area contributed by atoms with Gasteiger partial charge in [0.1, 0.15) is 0 Å². The molecule has 40 N–H and O–H groups in total. The zero-order valence-electron chi connectivity index (χ0n) is 11.1. The van der Waals surface area contributed by atoms with Crippen LogP contribution in [0.4, 0.5) is 0 Å². The van der Waals surface area contributed by atoms with E-state index in [-0.39, 0.29) is 118 Å². The molecule has 0 aromatic rings. The van der Waals surface area contributed by atoms with Gasteiger partial charge >= 0.3 is 10.1 Å². The van der Waals surface area contributed by atoms with Gasteiger partial charge < -0.3 is 108 Å². The number of quaternary nitrogens is 4.